The van der Waals surface area contributed by atoms with Crippen molar-refractivity contribution in [3.05, 3.63) is 11.1 Å². The maximum Gasteiger partial charge on any atom is 0.246 e. The third-order valence-electron chi connectivity index (χ3n) is 12.6. The molecule has 2 nitrogen and oxygen atoms in total. The van der Waals surface area contributed by atoms with Crippen molar-refractivity contribution >= 4 is 10.5 Å². The molecule has 1 heterocycles. The number of rotatable bonds is 5. The summed E-state index contributed by atoms with van der Waals surface area (Å²) in [5.74, 6) is 2.39. The van der Waals surface area contributed by atoms with Crippen LogP contribution in [0.2, 0.25) is 0 Å². The summed E-state index contributed by atoms with van der Waals surface area (Å²) in [5.41, 5.74) is 5.38. The number of hydrogen-bond donors (Lipinski definition) is 0. The molecule has 4 aliphatic carbocycles. The van der Waals surface area contributed by atoms with Crippen LogP contribution < -0.4 is 0 Å². The van der Waals surface area contributed by atoms with Gasteiger partial charge in [0.25, 0.3) is 0 Å². The van der Waals surface area contributed by atoms with Gasteiger partial charge in [-0.1, -0.05) is 52.7 Å². The van der Waals surface area contributed by atoms with Gasteiger partial charge in [-0.3, -0.25) is 0 Å². The van der Waals surface area contributed by atoms with Gasteiger partial charge in [0.2, 0.25) is 10.5 Å². The lowest BCUT2D eigenvalue weighted by Gasteiger charge is -2.62. The minimum absolute atomic E-state index is 0.138. The second kappa shape index (κ2) is 7.69. The maximum absolute atomic E-state index is 5.91. The van der Waals surface area contributed by atoms with Crippen LogP contribution in [0.3, 0.4) is 0 Å². The SMILES string of the molecule is C[C@H](CCC1OC1(C)C)[C@H]1CC[C@@]2(C)C3=C(CC[C@]12C)[C@@]1(C)CC[C@H](O[Si])C(C)(C)[C@@H]1CC3. The van der Waals surface area contributed by atoms with E-state index in [1.807, 2.05) is 11.1 Å². The summed E-state index contributed by atoms with van der Waals surface area (Å²) < 4.78 is 11.7. The van der Waals surface area contributed by atoms with E-state index in [9.17, 15) is 0 Å². The molecular weight excluding hydrogens is 420 g/mol. The second-order valence-corrected chi connectivity index (χ2v) is 14.8. The zero-order valence-electron chi connectivity index (χ0n) is 22.8. The van der Waals surface area contributed by atoms with Crippen molar-refractivity contribution < 1.29 is 9.16 Å². The first-order valence-corrected chi connectivity index (χ1v) is 14.5. The average molecular weight is 470 g/mol. The average Bonchev–Trinajstić information content (AvgIpc) is 3.24. The lowest BCUT2D eigenvalue weighted by molar-refractivity contribution is -0.0834. The summed E-state index contributed by atoms with van der Waals surface area (Å²) in [4.78, 5) is 0. The molecule has 5 aliphatic rings. The van der Waals surface area contributed by atoms with Gasteiger partial charge in [-0.2, -0.15) is 0 Å². The molecule has 0 aromatic carbocycles. The van der Waals surface area contributed by atoms with E-state index in [4.69, 9.17) is 9.16 Å². The number of ether oxygens (including phenoxy) is 1. The highest BCUT2D eigenvalue weighted by Crippen LogP contribution is 2.72. The molecule has 185 valence electrons. The van der Waals surface area contributed by atoms with Crippen LogP contribution in [0.5, 0.6) is 0 Å². The molecule has 0 bridgehead atoms. The molecule has 2 saturated carbocycles. The van der Waals surface area contributed by atoms with Crippen LogP contribution in [0.4, 0.5) is 0 Å². The highest BCUT2D eigenvalue weighted by Gasteiger charge is 2.63. The Labute approximate surface area is 207 Å². The van der Waals surface area contributed by atoms with Crippen molar-refractivity contribution in [1.82, 2.24) is 0 Å². The minimum atomic E-state index is 0.138. The van der Waals surface area contributed by atoms with Crippen molar-refractivity contribution in [3.63, 3.8) is 0 Å². The standard InChI is InChI=1S/C30H49O2Si/c1-19(9-12-25-27(4,5)31-25)20-13-17-30(8)22-10-11-23-26(2,3)24(32-33)15-16-28(23,6)21(22)14-18-29(20,30)7/h19-20,23-25H,9-18H2,1-8H3/t19-,20-,23+,24+,25?,28-,29-,30+/m1/s1. The van der Waals surface area contributed by atoms with Gasteiger partial charge in [-0.15, -0.1) is 0 Å². The Kier molecular flexibility index (Phi) is 5.72. The van der Waals surface area contributed by atoms with Crippen molar-refractivity contribution in [2.75, 3.05) is 0 Å². The lowest BCUT2D eigenvalue weighted by atomic mass is 9.43. The first kappa shape index (κ1) is 24.6. The van der Waals surface area contributed by atoms with E-state index in [2.05, 4.69) is 65.9 Å². The molecule has 0 aromatic rings. The molecule has 0 amide bonds. The molecule has 3 fully saturated rings. The van der Waals surface area contributed by atoms with E-state index in [1.54, 1.807) is 0 Å². The predicted molar refractivity (Wildman–Crippen MR) is 137 cm³/mol. The van der Waals surface area contributed by atoms with Crippen molar-refractivity contribution in [2.24, 2.45) is 39.4 Å². The second-order valence-electron chi connectivity index (χ2n) is 14.6. The van der Waals surface area contributed by atoms with E-state index in [0.717, 1.165) is 17.8 Å². The Morgan fingerprint density at radius 2 is 1.64 bits per heavy atom. The largest absolute Gasteiger partial charge is 0.415 e. The van der Waals surface area contributed by atoms with Gasteiger partial charge in [0.15, 0.2) is 0 Å². The molecule has 3 heteroatoms. The zero-order chi connectivity index (χ0) is 24.0. The van der Waals surface area contributed by atoms with Gasteiger partial charge in [-0.25, -0.2) is 0 Å². The van der Waals surface area contributed by atoms with Gasteiger partial charge >= 0.3 is 0 Å². The summed E-state index contributed by atoms with van der Waals surface area (Å²) in [6, 6.07) is 0. The predicted octanol–water partition coefficient (Wildman–Crippen LogP) is 7.80. The highest BCUT2D eigenvalue weighted by molar-refractivity contribution is 5.98. The number of allylic oxidation sites excluding steroid dienone is 2. The first-order valence-electron chi connectivity index (χ1n) is 14.0. The summed E-state index contributed by atoms with van der Waals surface area (Å²) in [6.07, 6.45) is 14.1. The molecule has 5 rings (SSSR count). The fourth-order valence-corrected chi connectivity index (χ4v) is 10.6. The van der Waals surface area contributed by atoms with Crippen LogP contribution >= 0.6 is 0 Å². The fourth-order valence-electron chi connectivity index (χ4n) is 10.2. The summed E-state index contributed by atoms with van der Waals surface area (Å²) in [7, 11) is 3.43. The molecule has 0 N–H and O–H groups in total. The maximum atomic E-state index is 5.91. The molecule has 33 heavy (non-hydrogen) atoms. The van der Waals surface area contributed by atoms with E-state index in [1.165, 1.54) is 64.2 Å². The Bertz CT molecular complexity index is 829. The summed E-state index contributed by atoms with van der Waals surface area (Å²) in [6.45, 7) is 20.0. The number of fused-ring (bicyclic) bond motifs is 4. The Balaban J connectivity index is 1.41. The monoisotopic (exact) mass is 469 g/mol. The number of hydrogen-bond acceptors (Lipinski definition) is 2. The summed E-state index contributed by atoms with van der Waals surface area (Å²) in [5, 5.41) is 0. The van der Waals surface area contributed by atoms with Gasteiger partial charge < -0.3 is 9.16 Å². The van der Waals surface area contributed by atoms with Crippen LogP contribution in [0, 0.1) is 39.4 Å². The third kappa shape index (κ3) is 3.37. The smallest absolute Gasteiger partial charge is 0.246 e. The molecule has 0 aromatic heterocycles. The van der Waals surface area contributed by atoms with Gasteiger partial charge in [-0.05, 0) is 117 Å². The molecule has 1 saturated heterocycles. The van der Waals surface area contributed by atoms with E-state index < -0.39 is 0 Å². The van der Waals surface area contributed by atoms with Gasteiger partial charge in [0.05, 0.1) is 11.7 Å². The summed E-state index contributed by atoms with van der Waals surface area (Å²) >= 11 is 0. The van der Waals surface area contributed by atoms with E-state index >= 15 is 0 Å². The zero-order valence-corrected chi connectivity index (χ0v) is 23.8. The third-order valence-corrected chi connectivity index (χ3v) is 12.9. The highest BCUT2D eigenvalue weighted by atomic mass is 28.2. The topological polar surface area (TPSA) is 21.8 Å². The Hall–Kier alpha value is -0.123. The van der Waals surface area contributed by atoms with Crippen LogP contribution in [-0.2, 0) is 9.16 Å². The molecule has 1 unspecified atom stereocenters. The van der Waals surface area contributed by atoms with Gasteiger partial charge in [0.1, 0.15) is 0 Å². The Morgan fingerprint density at radius 1 is 0.939 bits per heavy atom. The molecular formula is C30H49O2Si. The molecule has 3 radical (unpaired) electrons. The van der Waals surface area contributed by atoms with Crippen molar-refractivity contribution in [2.45, 2.75) is 137 Å². The van der Waals surface area contributed by atoms with Crippen LogP contribution in [0.15, 0.2) is 11.1 Å². The van der Waals surface area contributed by atoms with E-state index in [0.29, 0.717) is 28.5 Å². The van der Waals surface area contributed by atoms with Crippen LogP contribution in [-0.4, -0.2) is 28.3 Å². The molecule has 8 atom stereocenters. The first-order chi connectivity index (χ1) is 15.3. The Morgan fingerprint density at radius 3 is 2.27 bits per heavy atom. The quantitative estimate of drug-likeness (QED) is 0.233. The van der Waals surface area contributed by atoms with Crippen molar-refractivity contribution in [1.29, 1.82) is 0 Å². The van der Waals surface area contributed by atoms with E-state index in [-0.39, 0.29) is 11.0 Å². The van der Waals surface area contributed by atoms with Crippen molar-refractivity contribution in [3.8, 4) is 0 Å². The fraction of sp³-hybridized carbons (Fsp3) is 0.933. The minimum Gasteiger partial charge on any atom is -0.415 e. The number of epoxide rings is 1. The lowest BCUT2D eigenvalue weighted by Crippen LogP contribution is -2.55. The molecule has 1 aliphatic heterocycles. The van der Waals surface area contributed by atoms with Gasteiger partial charge in [0, 0.05) is 6.10 Å². The normalized spacial score (nSPS) is 48.6. The molecule has 0 spiro atoms. The van der Waals surface area contributed by atoms with Crippen LogP contribution in [0.25, 0.3) is 0 Å². The van der Waals surface area contributed by atoms with Crippen LogP contribution in [0.1, 0.15) is 120 Å².